The lowest BCUT2D eigenvalue weighted by atomic mass is 9.84. The zero-order valence-electron chi connectivity index (χ0n) is 19.9. The summed E-state index contributed by atoms with van der Waals surface area (Å²) in [7, 11) is 0. The minimum Gasteiger partial charge on any atom is -0.355 e. The van der Waals surface area contributed by atoms with Crippen LogP contribution in [0.4, 0.5) is 13.2 Å². The number of benzene rings is 2. The molecule has 0 radical (unpaired) electrons. The summed E-state index contributed by atoms with van der Waals surface area (Å²) in [5, 5.41) is 0. The molecule has 1 heterocycles. The fourth-order valence-electron chi connectivity index (χ4n) is 4.60. The van der Waals surface area contributed by atoms with E-state index in [1.54, 1.807) is 12.1 Å². The van der Waals surface area contributed by atoms with E-state index in [1.807, 2.05) is 0 Å². The highest BCUT2D eigenvalue weighted by Gasteiger charge is 2.33. The normalized spacial score (nSPS) is 17.1. The molecule has 1 atom stereocenters. The number of hydrogen-bond donors (Lipinski definition) is 0. The molecular weight excluding hydrogens is 427 g/mol. The SMILES string of the molecule is CC(C)c1cc(C(C)C)c(C(=S)N2CCC[C@@H]2c2ccc(C(F)(F)F)cc2)c(C(C)C)c1. The van der Waals surface area contributed by atoms with Crippen LogP contribution in [0.5, 0.6) is 0 Å². The quantitative estimate of drug-likeness (QED) is 0.410. The number of alkyl halides is 3. The maximum Gasteiger partial charge on any atom is 0.416 e. The van der Waals surface area contributed by atoms with Gasteiger partial charge in [0.1, 0.15) is 4.99 Å². The molecule has 0 N–H and O–H groups in total. The van der Waals surface area contributed by atoms with E-state index in [-0.39, 0.29) is 6.04 Å². The van der Waals surface area contributed by atoms with E-state index in [2.05, 4.69) is 58.6 Å². The van der Waals surface area contributed by atoms with Crippen molar-refractivity contribution in [3.8, 4) is 0 Å². The van der Waals surface area contributed by atoms with Gasteiger partial charge in [0.2, 0.25) is 0 Å². The number of halogens is 3. The average Bonchev–Trinajstić information content (AvgIpc) is 3.21. The monoisotopic (exact) mass is 461 g/mol. The molecule has 32 heavy (non-hydrogen) atoms. The second-order valence-electron chi connectivity index (χ2n) is 9.81. The molecule has 1 nitrogen and oxygen atoms in total. The zero-order valence-corrected chi connectivity index (χ0v) is 20.7. The topological polar surface area (TPSA) is 3.24 Å². The first-order valence-electron chi connectivity index (χ1n) is 11.6. The molecule has 0 unspecified atom stereocenters. The van der Waals surface area contributed by atoms with Crippen molar-refractivity contribution in [2.75, 3.05) is 6.54 Å². The van der Waals surface area contributed by atoms with Gasteiger partial charge in [0.25, 0.3) is 0 Å². The van der Waals surface area contributed by atoms with E-state index in [0.29, 0.717) is 17.8 Å². The second-order valence-corrected chi connectivity index (χ2v) is 10.2. The maximum atomic E-state index is 13.0. The molecule has 0 aliphatic carbocycles. The van der Waals surface area contributed by atoms with Crippen LogP contribution < -0.4 is 0 Å². The molecule has 0 aromatic heterocycles. The molecule has 0 bridgehead atoms. The first-order valence-corrected chi connectivity index (χ1v) is 12.0. The molecule has 0 spiro atoms. The summed E-state index contributed by atoms with van der Waals surface area (Å²) in [6.07, 6.45) is -2.45. The third-order valence-corrected chi connectivity index (χ3v) is 6.92. The Kier molecular flexibility index (Phi) is 7.38. The van der Waals surface area contributed by atoms with Gasteiger partial charge in [-0.3, -0.25) is 0 Å². The standard InChI is InChI=1S/C27H34F3NS/c1-16(2)20-14-22(17(3)4)25(23(15-20)18(5)6)26(32)31-13-7-8-24(31)19-9-11-21(12-10-19)27(28,29)30/h9-12,14-18,24H,7-8,13H2,1-6H3/t24-/m1/s1. The first-order chi connectivity index (χ1) is 14.9. The van der Waals surface area contributed by atoms with Crippen molar-refractivity contribution in [1.82, 2.24) is 4.90 Å². The minimum atomic E-state index is -4.32. The van der Waals surface area contributed by atoms with Crippen LogP contribution in [0.3, 0.4) is 0 Å². The highest BCUT2D eigenvalue weighted by Crippen LogP contribution is 2.39. The molecule has 1 aliphatic heterocycles. The summed E-state index contributed by atoms with van der Waals surface area (Å²) in [6, 6.07) is 10.2. The lowest BCUT2D eigenvalue weighted by Crippen LogP contribution is -2.32. The molecule has 174 valence electrons. The molecule has 2 aromatic rings. The fraction of sp³-hybridized carbons (Fsp3) is 0.519. The van der Waals surface area contributed by atoms with Crippen LogP contribution >= 0.6 is 12.2 Å². The molecule has 5 heteroatoms. The van der Waals surface area contributed by atoms with E-state index in [9.17, 15) is 13.2 Å². The summed E-state index contributed by atoms with van der Waals surface area (Å²) in [5.41, 5.74) is 5.29. The van der Waals surface area contributed by atoms with E-state index in [1.165, 1.54) is 28.8 Å². The Balaban J connectivity index is 2.04. The predicted octanol–water partition coefficient (Wildman–Crippen LogP) is 8.59. The largest absolute Gasteiger partial charge is 0.416 e. The van der Waals surface area contributed by atoms with Gasteiger partial charge in [0, 0.05) is 12.1 Å². The summed E-state index contributed by atoms with van der Waals surface area (Å²) in [5.74, 6) is 1.08. The molecule has 3 rings (SSSR count). The van der Waals surface area contributed by atoms with Gasteiger partial charge < -0.3 is 4.90 Å². The average molecular weight is 462 g/mol. The van der Waals surface area contributed by atoms with Crippen molar-refractivity contribution in [2.45, 2.75) is 84.4 Å². The molecule has 0 saturated carbocycles. The number of hydrogen-bond acceptors (Lipinski definition) is 1. The van der Waals surface area contributed by atoms with Crippen molar-refractivity contribution in [3.05, 3.63) is 69.8 Å². The van der Waals surface area contributed by atoms with E-state index in [0.717, 1.165) is 35.5 Å². The van der Waals surface area contributed by atoms with Gasteiger partial charge in [-0.2, -0.15) is 13.2 Å². The molecule has 2 aromatic carbocycles. The van der Waals surface area contributed by atoms with Crippen molar-refractivity contribution < 1.29 is 13.2 Å². The summed E-state index contributed by atoms with van der Waals surface area (Å²) >= 11 is 6.11. The van der Waals surface area contributed by atoms with Crippen LogP contribution in [0.15, 0.2) is 36.4 Å². The van der Waals surface area contributed by atoms with Crippen molar-refractivity contribution in [3.63, 3.8) is 0 Å². The smallest absolute Gasteiger partial charge is 0.355 e. The Bertz CT molecular complexity index is 929. The van der Waals surface area contributed by atoms with Crippen molar-refractivity contribution >= 4 is 17.2 Å². The molecule has 0 amide bonds. The van der Waals surface area contributed by atoms with Gasteiger partial charge in [0.15, 0.2) is 0 Å². The van der Waals surface area contributed by atoms with Gasteiger partial charge in [-0.15, -0.1) is 0 Å². The fourth-order valence-corrected chi connectivity index (χ4v) is 5.05. The summed E-state index contributed by atoms with van der Waals surface area (Å²) in [6.45, 7) is 14.1. The van der Waals surface area contributed by atoms with Crippen molar-refractivity contribution in [2.24, 2.45) is 0 Å². The Morgan fingerprint density at radius 2 is 1.44 bits per heavy atom. The number of nitrogens with zero attached hydrogens (tertiary/aromatic N) is 1. The van der Waals surface area contributed by atoms with Crippen LogP contribution in [0.2, 0.25) is 0 Å². The molecular formula is C27H34F3NS. The minimum absolute atomic E-state index is 0.00887. The molecule has 1 fully saturated rings. The lowest BCUT2D eigenvalue weighted by Gasteiger charge is -2.32. The van der Waals surface area contributed by atoms with Crippen LogP contribution in [-0.2, 0) is 6.18 Å². The number of rotatable bonds is 5. The first kappa shape index (κ1) is 24.8. The van der Waals surface area contributed by atoms with Gasteiger partial charge in [-0.1, -0.05) is 78.0 Å². The van der Waals surface area contributed by atoms with Crippen LogP contribution in [0, 0.1) is 0 Å². The van der Waals surface area contributed by atoms with Gasteiger partial charge in [0.05, 0.1) is 11.6 Å². The Morgan fingerprint density at radius 3 is 1.88 bits per heavy atom. The zero-order chi connectivity index (χ0) is 23.8. The van der Waals surface area contributed by atoms with E-state index < -0.39 is 11.7 Å². The highest BCUT2D eigenvalue weighted by atomic mass is 32.1. The van der Waals surface area contributed by atoms with Gasteiger partial charge in [-0.05, 0) is 65.0 Å². The second kappa shape index (κ2) is 9.54. The van der Waals surface area contributed by atoms with Crippen LogP contribution in [0.25, 0.3) is 0 Å². The lowest BCUT2D eigenvalue weighted by molar-refractivity contribution is -0.137. The molecule has 1 aliphatic rings. The number of thiocarbonyl (C=S) groups is 1. The summed E-state index contributed by atoms with van der Waals surface area (Å²) in [4.78, 5) is 3.06. The Labute approximate surface area is 196 Å². The van der Waals surface area contributed by atoms with Gasteiger partial charge >= 0.3 is 6.18 Å². The number of likely N-dealkylation sites (tertiary alicyclic amines) is 1. The third-order valence-electron chi connectivity index (χ3n) is 6.48. The van der Waals surface area contributed by atoms with E-state index >= 15 is 0 Å². The third kappa shape index (κ3) is 5.03. The maximum absolute atomic E-state index is 13.0. The van der Waals surface area contributed by atoms with E-state index in [4.69, 9.17) is 12.2 Å². The van der Waals surface area contributed by atoms with Crippen molar-refractivity contribution in [1.29, 1.82) is 0 Å². The summed E-state index contributed by atoms with van der Waals surface area (Å²) < 4.78 is 39.1. The highest BCUT2D eigenvalue weighted by molar-refractivity contribution is 7.80. The Hall–Kier alpha value is -1.88. The van der Waals surface area contributed by atoms with Gasteiger partial charge in [-0.25, -0.2) is 0 Å². The predicted molar refractivity (Wildman–Crippen MR) is 131 cm³/mol. The van der Waals surface area contributed by atoms with Crippen LogP contribution in [0.1, 0.15) is 112 Å². The Morgan fingerprint density at radius 1 is 0.906 bits per heavy atom. The van der Waals surface area contributed by atoms with Crippen LogP contribution in [-0.4, -0.2) is 16.4 Å². The molecule has 1 saturated heterocycles.